The number of terminal acetylenes is 1. The molecule has 210 valence electrons. The number of nitrogens with zero attached hydrogens (tertiary/aromatic N) is 5. The van der Waals surface area contributed by atoms with Crippen LogP contribution in [0.1, 0.15) is 58.2 Å². The van der Waals surface area contributed by atoms with Gasteiger partial charge >= 0.3 is 0 Å². The SMILES string of the molecule is [B]C(F)(F)c1cc(CN2CCO[C@@H](C)C2)cc2c1CN(c1cccc(C3(Cc4nncn4C)CC(C#C)C3)c1)C2=O. The summed E-state index contributed by atoms with van der Waals surface area (Å²) in [5, 5.41) is 8.31. The van der Waals surface area contributed by atoms with Gasteiger partial charge in [0.25, 0.3) is 5.91 Å². The number of halogens is 2. The van der Waals surface area contributed by atoms with E-state index in [9.17, 15) is 13.6 Å². The molecule has 7 nitrogen and oxygen atoms in total. The minimum absolute atomic E-state index is 0.0257. The van der Waals surface area contributed by atoms with Crippen molar-refractivity contribution < 1.29 is 18.3 Å². The average Bonchev–Trinajstić information content (AvgIpc) is 3.47. The molecule has 0 unspecified atom stereocenters. The van der Waals surface area contributed by atoms with Gasteiger partial charge in [0, 0.05) is 61.2 Å². The van der Waals surface area contributed by atoms with Crippen molar-refractivity contribution in [2.24, 2.45) is 13.0 Å². The summed E-state index contributed by atoms with van der Waals surface area (Å²) in [6.07, 6.45) is 9.72. The standard InChI is InChI=1S/C31H32BF2N5O2/c1-4-21-13-30(14-21,15-28-36-35-19-37(28)3)23-6-5-7-24(12-23)39-18-26-25(29(39)40)10-22(11-27(26)31(32,33)34)17-38-8-9-41-20(2)16-38/h1,5-7,10-12,19-21H,8-9,13-18H2,2-3H3/t20-,21?,30?/m0/s1. The third-order valence-corrected chi connectivity index (χ3v) is 8.77. The van der Waals surface area contributed by atoms with E-state index in [-0.39, 0.29) is 46.6 Å². The molecule has 10 heteroatoms. The van der Waals surface area contributed by atoms with Crippen molar-refractivity contribution >= 4 is 19.4 Å². The zero-order valence-corrected chi connectivity index (χ0v) is 23.3. The van der Waals surface area contributed by atoms with Crippen LogP contribution >= 0.6 is 0 Å². The molecule has 3 aliphatic rings. The molecule has 1 amide bonds. The number of anilines is 1. The maximum Gasteiger partial charge on any atom is 0.258 e. The summed E-state index contributed by atoms with van der Waals surface area (Å²) >= 11 is 0. The van der Waals surface area contributed by atoms with E-state index in [1.54, 1.807) is 17.3 Å². The van der Waals surface area contributed by atoms with Gasteiger partial charge in [-0.05, 0) is 60.7 Å². The molecule has 1 aromatic heterocycles. The third-order valence-electron chi connectivity index (χ3n) is 8.77. The Bertz CT molecular complexity index is 1520. The van der Waals surface area contributed by atoms with Crippen molar-refractivity contribution in [3.8, 4) is 12.3 Å². The van der Waals surface area contributed by atoms with Crippen LogP contribution in [-0.2, 0) is 42.5 Å². The van der Waals surface area contributed by atoms with Gasteiger partial charge in [-0.1, -0.05) is 12.1 Å². The van der Waals surface area contributed by atoms with Crippen molar-refractivity contribution in [3.63, 3.8) is 0 Å². The number of ether oxygens (including phenoxy) is 1. The molecule has 2 fully saturated rings. The van der Waals surface area contributed by atoms with Gasteiger partial charge in [0.05, 0.1) is 19.3 Å². The van der Waals surface area contributed by atoms with Gasteiger partial charge < -0.3 is 14.2 Å². The Morgan fingerprint density at radius 3 is 2.76 bits per heavy atom. The molecule has 2 radical (unpaired) electrons. The lowest BCUT2D eigenvalue weighted by atomic mass is 9.57. The van der Waals surface area contributed by atoms with Gasteiger partial charge in [0.1, 0.15) is 12.2 Å². The molecule has 1 saturated heterocycles. The number of benzene rings is 2. The highest BCUT2D eigenvalue weighted by Crippen LogP contribution is 2.50. The first-order valence-corrected chi connectivity index (χ1v) is 13.9. The fraction of sp³-hybridized carbons (Fsp3) is 0.452. The second-order valence-corrected chi connectivity index (χ2v) is 11.7. The Labute approximate surface area is 240 Å². The van der Waals surface area contributed by atoms with E-state index in [0.717, 1.165) is 24.2 Å². The highest BCUT2D eigenvalue weighted by Gasteiger charge is 2.46. The maximum absolute atomic E-state index is 14.7. The molecular formula is C31H32BF2N5O2. The van der Waals surface area contributed by atoms with Gasteiger partial charge in [-0.2, -0.15) is 0 Å². The van der Waals surface area contributed by atoms with E-state index in [4.69, 9.17) is 19.0 Å². The van der Waals surface area contributed by atoms with E-state index in [2.05, 4.69) is 21.0 Å². The maximum atomic E-state index is 14.7. The van der Waals surface area contributed by atoms with Crippen LogP contribution in [0.3, 0.4) is 0 Å². The number of hydrogen-bond acceptors (Lipinski definition) is 5. The van der Waals surface area contributed by atoms with Crippen molar-refractivity contribution in [3.05, 3.63) is 76.4 Å². The molecule has 0 spiro atoms. The summed E-state index contributed by atoms with van der Waals surface area (Å²) in [7, 11) is 7.28. The van der Waals surface area contributed by atoms with Crippen LogP contribution in [0, 0.1) is 18.3 Å². The lowest BCUT2D eigenvalue weighted by molar-refractivity contribution is -0.0212. The molecule has 3 heterocycles. The van der Waals surface area contributed by atoms with Crippen LogP contribution in [0.15, 0.2) is 42.7 Å². The van der Waals surface area contributed by atoms with E-state index in [1.807, 2.05) is 42.8 Å². The van der Waals surface area contributed by atoms with Gasteiger partial charge in [0.2, 0.25) is 5.82 Å². The molecule has 1 saturated carbocycles. The number of rotatable bonds is 7. The number of aromatic nitrogens is 3. The van der Waals surface area contributed by atoms with E-state index in [1.165, 1.54) is 6.07 Å². The number of aryl methyl sites for hydroxylation is 1. The molecule has 2 aromatic carbocycles. The first kappa shape index (κ1) is 27.6. The summed E-state index contributed by atoms with van der Waals surface area (Å²) in [5.74, 6) is -0.00602. The summed E-state index contributed by atoms with van der Waals surface area (Å²) in [6.45, 7) is 4.41. The molecule has 1 atom stereocenters. The third kappa shape index (κ3) is 5.17. The van der Waals surface area contributed by atoms with Crippen molar-refractivity contribution in [2.75, 3.05) is 24.6 Å². The number of amides is 1. The molecule has 2 aliphatic heterocycles. The topological polar surface area (TPSA) is 63.5 Å². The zero-order chi connectivity index (χ0) is 28.9. The Hall–Kier alpha value is -3.55. The molecule has 1 aliphatic carbocycles. The van der Waals surface area contributed by atoms with Crippen LogP contribution in [-0.4, -0.2) is 59.2 Å². The van der Waals surface area contributed by atoms with Crippen LogP contribution in [0.25, 0.3) is 0 Å². The van der Waals surface area contributed by atoms with Gasteiger partial charge in [-0.15, -0.1) is 22.5 Å². The minimum Gasteiger partial charge on any atom is -0.376 e. The van der Waals surface area contributed by atoms with Crippen LogP contribution < -0.4 is 4.90 Å². The van der Waals surface area contributed by atoms with Gasteiger partial charge in [0.15, 0.2) is 7.85 Å². The number of carbonyl (C=O) groups is 1. The Morgan fingerprint density at radius 2 is 2.07 bits per heavy atom. The smallest absolute Gasteiger partial charge is 0.258 e. The van der Waals surface area contributed by atoms with Gasteiger partial charge in [-0.3, -0.25) is 9.69 Å². The summed E-state index contributed by atoms with van der Waals surface area (Å²) < 4.78 is 37.0. The van der Waals surface area contributed by atoms with Gasteiger partial charge in [-0.25, -0.2) is 8.78 Å². The fourth-order valence-corrected chi connectivity index (χ4v) is 6.61. The molecule has 0 N–H and O–H groups in total. The van der Waals surface area contributed by atoms with Crippen molar-refractivity contribution in [1.82, 2.24) is 19.7 Å². The number of fused-ring (bicyclic) bond motifs is 1. The molecule has 0 bridgehead atoms. The summed E-state index contributed by atoms with van der Waals surface area (Å²) in [6, 6.07) is 11.0. The quantitative estimate of drug-likeness (QED) is 0.327. The van der Waals surface area contributed by atoms with E-state index < -0.39 is 5.82 Å². The lowest BCUT2D eigenvalue weighted by Gasteiger charge is -2.46. The summed E-state index contributed by atoms with van der Waals surface area (Å²) in [4.78, 5) is 17.5. The summed E-state index contributed by atoms with van der Waals surface area (Å²) in [5.41, 5.74) is 2.34. The van der Waals surface area contributed by atoms with Crippen molar-refractivity contribution in [1.29, 1.82) is 0 Å². The van der Waals surface area contributed by atoms with Crippen LogP contribution in [0.2, 0.25) is 0 Å². The normalized spacial score (nSPS) is 24.7. The number of alkyl halides is 2. The second-order valence-electron chi connectivity index (χ2n) is 11.7. The molecular weight excluding hydrogens is 523 g/mol. The Morgan fingerprint density at radius 1 is 1.27 bits per heavy atom. The largest absolute Gasteiger partial charge is 0.376 e. The molecule has 3 aromatic rings. The highest BCUT2D eigenvalue weighted by molar-refractivity contribution is 6.15. The first-order chi connectivity index (χ1) is 19.6. The Balaban J connectivity index is 1.32. The predicted molar refractivity (Wildman–Crippen MR) is 152 cm³/mol. The minimum atomic E-state index is -3.58. The van der Waals surface area contributed by atoms with E-state index >= 15 is 0 Å². The lowest BCUT2D eigenvalue weighted by Crippen LogP contribution is -2.43. The van der Waals surface area contributed by atoms with Crippen molar-refractivity contribution in [2.45, 2.75) is 56.6 Å². The van der Waals surface area contributed by atoms with E-state index in [0.29, 0.717) is 43.9 Å². The highest BCUT2D eigenvalue weighted by atomic mass is 19.3. The number of hydrogen-bond donors (Lipinski definition) is 0. The Kier molecular flexibility index (Phi) is 6.99. The molecule has 41 heavy (non-hydrogen) atoms. The fourth-order valence-electron chi connectivity index (χ4n) is 6.61. The molecule has 6 rings (SSSR count). The first-order valence-electron chi connectivity index (χ1n) is 13.9. The van der Waals surface area contributed by atoms with Crippen LogP contribution in [0.5, 0.6) is 0 Å². The monoisotopic (exact) mass is 555 g/mol. The predicted octanol–water partition coefficient (Wildman–Crippen LogP) is 3.94. The van der Waals surface area contributed by atoms with Crippen LogP contribution in [0.4, 0.5) is 14.5 Å². The number of morpholine rings is 1. The average molecular weight is 555 g/mol. The number of carbonyl (C=O) groups excluding carboxylic acids is 1. The zero-order valence-electron chi connectivity index (χ0n) is 23.3. The second kappa shape index (κ2) is 10.4.